The van der Waals surface area contributed by atoms with Gasteiger partial charge >= 0.3 is 0 Å². The predicted octanol–water partition coefficient (Wildman–Crippen LogP) is 0.894. The van der Waals surface area contributed by atoms with Crippen molar-refractivity contribution in [2.24, 2.45) is 5.18 Å². The number of nitrogens with two attached hydrogens (primary N) is 1. The van der Waals surface area contributed by atoms with Gasteiger partial charge in [-0.1, -0.05) is 5.18 Å². The first-order valence-corrected chi connectivity index (χ1v) is 6.35. The van der Waals surface area contributed by atoms with Crippen LogP contribution >= 0.6 is 0 Å². The SMILES string of the molecule is CNc1nc(N)nc2c1ncn2C1CCC(CN=O)O1. The summed E-state index contributed by atoms with van der Waals surface area (Å²) < 4.78 is 7.59. The van der Waals surface area contributed by atoms with Crippen molar-refractivity contribution in [2.45, 2.75) is 25.2 Å². The summed E-state index contributed by atoms with van der Waals surface area (Å²) >= 11 is 0. The molecule has 1 aliphatic rings. The van der Waals surface area contributed by atoms with Crippen LogP contribution in [-0.4, -0.2) is 39.2 Å². The summed E-state index contributed by atoms with van der Waals surface area (Å²) in [6.45, 7) is 0.169. The maximum atomic E-state index is 10.3. The molecule has 3 N–H and O–H groups in total. The quantitative estimate of drug-likeness (QED) is 0.796. The average Bonchev–Trinajstić information content (AvgIpc) is 3.04. The Kier molecular flexibility index (Phi) is 3.18. The first kappa shape index (κ1) is 12.7. The van der Waals surface area contributed by atoms with Crippen LogP contribution in [0.25, 0.3) is 11.2 Å². The van der Waals surface area contributed by atoms with Gasteiger partial charge in [-0.05, 0) is 12.8 Å². The highest BCUT2D eigenvalue weighted by Gasteiger charge is 2.28. The second kappa shape index (κ2) is 5.00. The molecule has 0 saturated carbocycles. The fourth-order valence-electron chi connectivity index (χ4n) is 2.43. The second-order valence-corrected chi connectivity index (χ2v) is 4.61. The molecule has 20 heavy (non-hydrogen) atoms. The molecule has 3 rings (SSSR count). The van der Waals surface area contributed by atoms with Gasteiger partial charge in [0, 0.05) is 7.05 Å². The minimum atomic E-state index is -0.203. The van der Waals surface area contributed by atoms with Crippen molar-refractivity contribution in [1.82, 2.24) is 19.5 Å². The molecule has 0 radical (unpaired) electrons. The number of fused-ring (bicyclic) bond motifs is 1. The first-order valence-electron chi connectivity index (χ1n) is 6.35. The van der Waals surface area contributed by atoms with Crippen molar-refractivity contribution >= 4 is 22.9 Å². The number of nitrogens with one attached hydrogen (secondary N) is 1. The molecule has 2 unspecified atom stereocenters. The first-order chi connectivity index (χ1) is 9.72. The molecule has 1 saturated heterocycles. The standard InChI is InChI=1S/C11H15N7O2/c1-13-9-8-10(17-11(12)16-9)18(5-14-8)7-3-2-6(20-7)4-15-19/h5-7H,2-4H2,1H3,(H3,12,13,16,17). The summed E-state index contributed by atoms with van der Waals surface area (Å²) in [7, 11) is 1.75. The van der Waals surface area contributed by atoms with Crippen molar-refractivity contribution in [3.8, 4) is 0 Å². The van der Waals surface area contributed by atoms with E-state index in [1.165, 1.54) is 0 Å². The molecule has 0 spiro atoms. The second-order valence-electron chi connectivity index (χ2n) is 4.61. The highest BCUT2D eigenvalue weighted by Crippen LogP contribution is 2.31. The highest BCUT2D eigenvalue weighted by molar-refractivity contribution is 5.84. The van der Waals surface area contributed by atoms with Crippen molar-refractivity contribution < 1.29 is 4.74 Å². The lowest BCUT2D eigenvalue weighted by molar-refractivity contribution is 0.00877. The van der Waals surface area contributed by atoms with E-state index in [2.05, 4.69) is 25.4 Å². The Hall–Kier alpha value is -2.29. The zero-order valence-corrected chi connectivity index (χ0v) is 11.0. The Morgan fingerprint density at radius 3 is 3.15 bits per heavy atom. The molecule has 2 aromatic rings. The van der Waals surface area contributed by atoms with E-state index in [0.717, 1.165) is 12.8 Å². The molecule has 0 amide bonds. The number of rotatable bonds is 4. The van der Waals surface area contributed by atoms with E-state index in [9.17, 15) is 4.91 Å². The minimum absolute atomic E-state index is 0.141. The summed E-state index contributed by atoms with van der Waals surface area (Å²) in [5.41, 5.74) is 6.96. The maximum Gasteiger partial charge on any atom is 0.224 e. The van der Waals surface area contributed by atoms with E-state index in [-0.39, 0.29) is 24.8 Å². The lowest BCUT2D eigenvalue weighted by atomic mass is 10.2. The van der Waals surface area contributed by atoms with Gasteiger partial charge in [-0.25, -0.2) is 4.98 Å². The Morgan fingerprint density at radius 2 is 2.40 bits per heavy atom. The van der Waals surface area contributed by atoms with Gasteiger partial charge < -0.3 is 15.8 Å². The summed E-state index contributed by atoms with van der Waals surface area (Å²) in [6.07, 6.45) is 2.88. The molecule has 1 fully saturated rings. The van der Waals surface area contributed by atoms with Crippen LogP contribution in [0, 0.1) is 4.91 Å². The zero-order chi connectivity index (χ0) is 14.1. The smallest absolute Gasteiger partial charge is 0.224 e. The van der Waals surface area contributed by atoms with E-state index < -0.39 is 0 Å². The van der Waals surface area contributed by atoms with Crippen LogP contribution in [0.1, 0.15) is 19.1 Å². The summed E-state index contributed by atoms with van der Waals surface area (Å²) in [6, 6.07) is 0. The number of anilines is 2. The molecule has 0 bridgehead atoms. The maximum absolute atomic E-state index is 10.3. The van der Waals surface area contributed by atoms with E-state index in [4.69, 9.17) is 10.5 Å². The lowest BCUT2D eigenvalue weighted by Crippen LogP contribution is -2.13. The van der Waals surface area contributed by atoms with Gasteiger partial charge in [-0.2, -0.15) is 14.9 Å². The van der Waals surface area contributed by atoms with Gasteiger partial charge in [-0.15, -0.1) is 0 Å². The summed E-state index contributed by atoms with van der Waals surface area (Å²) in [4.78, 5) is 22.9. The molecule has 1 aliphatic heterocycles. The molecular formula is C11H15N7O2. The number of hydrogen-bond donors (Lipinski definition) is 2. The van der Waals surface area contributed by atoms with Gasteiger partial charge in [0.25, 0.3) is 0 Å². The topological polar surface area (TPSA) is 120 Å². The molecule has 0 aromatic carbocycles. The number of ether oxygens (including phenoxy) is 1. The van der Waals surface area contributed by atoms with Crippen LogP contribution in [0.2, 0.25) is 0 Å². The van der Waals surface area contributed by atoms with Gasteiger partial charge in [-0.3, -0.25) is 4.57 Å². The number of imidazole rings is 1. The van der Waals surface area contributed by atoms with Crippen molar-refractivity contribution in [1.29, 1.82) is 0 Å². The van der Waals surface area contributed by atoms with Crippen LogP contribution in [0.15, 0.2) is 11.5 Å². The average molecular weight is 277 g/mol. The Labute approximate surface area is 114 Å². The molecule has 2 aromatic heterocycles. The number of nitrogens with zero attached hydrogens (tertiary/aromatic N) is 5. The van der Waals surface area contributed by atoms with Gasteiger partial charge in [0.2, 0.25) is 5.95 Å². The van der Waals surface area contributed by atoms with Crippen molar-refractivity contribution in [2.75, 3.05) is 24.6 Å². The number of hydrogen-bond acceptors (Lipinski definition) is 8. The van der Waals surface area contributed by atoms with Gasteiger partial charge in [0.15, 0.2) is 17.0 Å². The van der Waals surface area contributed by atoms with E-state index in [1.807, 2.05) is 4.57 Å². The molecule has 0 aliphatic carbocycles. The third-order valence-electron chi connectivity index (χ3n) is 3.35. The van der Waals surface area contributed by atoms with Crippen LogP contribution in [0.5, 0.6) is 0 Å². The van der Waals surface area contributed by atoms with Crippen LogP contribution in [0.4, 0.5) is 11.8 Å². The fourth-order valence-corrected chi connectivity index (χ4v) is 2.43. The monoisotopic (exact) mass is 277 g/mol. The Bertz CT molecular complexity index is 641. The molecule has 2 atom stereocenters. The van der Waals surface area contributed by atoms with Crippen LogP contribution in [0.3, 0.4) is 0 Å². The number of nitroso groups, excluding NO2 is 1. The summed E-state index contributed by atoms with van der Waals surface area (Å²) in [5.74, 6) is 0.753. The number of aromatic nitrogens is 4. The molecule has 9 heteroatoms. The van der Waals surface area contributed by atoms with Crippen molar-refractivity contribution in [3.05, 3.63) is 11.2 Å². The normalized spacial score (nSPS) is 22.2. The van der Waals surface area contributed by atoms with E-state index >= 15 is 0 Å². The highest BCUT2D eigenvalue weighted by atomic mass is 16.5. The Balaban J connectivity index is 1.97. The molecule has 3 heterocycles. The van der Waals surface area contributed by atoms with Crippen molar-refractivity contribution in [3.63, 3.8) is 0 Å². The summed E-state index contributed by atoms with van der Waals surface area (Å²) in [5, 5.41) is 5.82. The zero-order valence-electron chi connectivity index (χ0n) is 11.0. The third-order valence-corrected chi connectivity index (χ3v) is 3.35. The van der Waals surface area contributed by atoms with E-state index in [0.29, 0.717) is 17.0 Å². The van der Waals surface area contributed by atoms with Gasteiger partial charge in [0.05, 0.1) is 12.4 Å². The number of nitrogen functional groups attached to an aromatic ring is 1. The van der Waals surface area contributed by atoms with Crippen LogP contribution < -0.4 is 11.1 Å². The van der Waals surface area contributed by atoms with Crippen LogP contribution in [-0.2, 0) is 4.74 Å². The molecule has 106 valence electrons. The molecule has 9 nitrogen and oxygen atoms in total. The molecular weight excluding hydrogens is 262 g/mol. The Morgan fingerprint density at radius 1 is 1.55 bits per heavy atom. The largest absolute Gasteiger partial charge is 0.371 e. The fraction of sp³-hybridized carbons (Fsp3) is 0.545. The lowest BCUT2D eigenvalue weighted by Gasteiger charge is -2.13. The van der Waals surface area contributed by atoms with E-state index in [1.54, 1.807) is 13.4 Å². The third kappa shape index (κ3) is 2.05. The minimum Gasteiger partial charge on any atom is -0.371 e. The predicted molar refractivity (Wildman–Crippen MR) is 73.1 cm³/mol. The van der Waals surface area contributed by atoms with Gasteiger partial charge in [0.1, 0.15) is 12.8 Å².